The molecule has 0 saturated carbocycles. The molecule has 0 aliphatic carbocycles. The Morgan fingerprint density at radius 3 is 3.00 bits per heavy atom. The molecule has 15 heavy (non-hydrogen) atoms. The minimum atomic E-state index is 0.574. The van der Waals surface area contributed by atoms with Crippen molar-refractivity contribution in [2.45, 2.75) is 12.6 Å². The van der Waals surface area contributed by atoms with Crippen LogP contribution in [0.5, 0.6) is 0 Å². The van der Waals surface area contributed by atoms with Crippen LogP contribution in [0.3, 0.4) is 0 Å². The van der Waals surface area contributed by atoms with Crippen LogP contribution in [0.2, 0.25) is 0 Å². The first-order valence-electron chi connectivity index (χ1n) is 5.58. The van der Waals surface area contributed by atoms with E-state index in [0.717, 1.165) is 26.2 Å². The van der Waals surface area contributed by atoms with E-state index in [1.54, 1.807) is 0 Å². The first kappa shape index (κ1) is 9.33. The summed E-state index contributed by atoms with van der Waals surface area (Å²) in [6, 6.07) is 11.1. The zero-order chi connectivity index (χ0) is 10.1. The van der Waals surface area contributed by atoms with Gasteiger partial charge in [-0.15, -0.1) is 0 Å². The van der Waals surface area contributed by atoms with Crippen molar-refractivity contribution in [3.05, 3.63) is 35.9 Å². The number of hydrogen-bond acceptors (Lipinski definition) is 3. The van der Waals surface area contributed by atoms with Crippen molar-refractivity contribution >= 4 is 0 Å². The van der Waals surface area contributed by atoms with E-state index in [1.807, 2.05) is 6.07 Å². The van der Waals surface area contributed by atoms with Gasteiger partial charge in [-0.1, -0.05) is 30.3 Å². The van der Waals surface area contributed by atoms with Gasteiger partial charge in [-0.2, -0.15) is 5.06 Å². The Balaban J connectivity index is 1.69. The zero-order valence-corrected chi connectivity index (χ0v) is 8.73. The standard InChI is InChI=1S/C12H16N2O/c1-2-4-10(5-3-1)8-14-12-7-13-6-11(12)9-15-14/h1-5,11-13H,6-9H2. The van der Waals surface area contributed by atoms with Gasteiger partial charge in [0.1, 0.15) is 0 Å². The molecule has 2 fully saturated rings. The van der Waals surface area contributed by atoms with Crippen molar-refractivity contribution in [2.24, 2.45) is 5.92 Å². The fourth-order valence-electron chi connectivity index (χ4n) is 2.44. The molecule has 2 unspecified atom stereocenters. The molecule has 1 aromatic rings. The first-order chi connectivity index (χ1) is 7.43. The minimum absolute atomic E-state index is 0.574. The van der Waals surface area contributed by atoms with E-state index in [9.17, 15) is 0 Å². The van der Waals surface area contributed by atoms with E-state index in [4.69, 9.17) is 4.84 Å². The van der Waals surface area contributed by atoms with Crippen LogP contribution < -0.4 is 5.32 Å². The highest BCUT2D eigenvalue weighted by Crippen LogP contribution is 2.25. The van der Waals surface area contributed by atoms with Crippen molar-refractivity contribution in [1.82, 2.24) is 10.4 Å². The van der Waals surface area contributed by atoms with E-state index in [1.165, 1.54) is 5.56 Å². The third kappa shape index (κ3) is 1.78. The Morgan fingerprint density at radius 1 is 1.27 bits per heavy atom. The number of benzene rings is 1. The lowest BCUT2D eigenvalue weighted by Gasteiger charge is -2.20. The van der Waals surface area contributed by atoms with E-state index >= 15 is 0 Å². The van der Waals surface area contributed by atoms with Gasteiger partial charge in [-0.25, -0.2) is 0 Å². The molecule has 2 atom stereocenters. The van der Waals surface area contributed by atoms with Gasteiger partial charge in [-0.05, 0) is 5.56 Å². The van der Waals surface area contributed by atoms with Gasteiger partial charge in [0, 0.05) is 25.6 Å². The summed E-state index contributed by atoms with van der Waals surface area (Å²) in [7, 11) is 0. The highest BCUT2D eigenvalue weighted by Gasteiger charge is 2.38. The maximum Gasteiger partial charge on any atom is 0.0742 e. The quantitative estimate of drug-likeness (QED) is 0.778. The molecule has 0 spiro atoms. The Hall–Kier alpha value is -0.900. The minimum Gasteiger partial charge on any atom is -0.315 e. The van der Waals surface area contributed by atoms with Crippen LogP contribution in [0.15, 0.2) is 30.3 Å². The molecule has 3 rings (SSSR count). The molecular formula is C12H16N2O. The molecule has 2 aliphatic rings. The average Bonchev–Trinajstić information content (AvgIpc) is 2.85. The Morgan fingerprint density at radius 2 is 2.13 bits per heavy atom. The monoisotopic (exact) mass is 204 g/mol. The Labute approximate surface area is 90.0 Å². The van der Waals surface area contributed by atoms with Gasteiger partial charge in [0.05, 0.1) is 12.6 Å². The first-order valence-corrected chi connectivity index (χ1v) is 5.58. The normalized spacial score (nSPS) is 30.7. The van der Waals surface area contributed by atoms with Gasteiger partial charge in [0.15, 0.2) is 0 Å². The molecule has 2 aliphatic heterocycles. The van der Waals surface area contributed by atoms with Crippen LogP contribution in [-0.4, -0.2) is 30.8 Å². The van der Waals surface area contributed by atoms with Crippen molar-refractivity contribution in [1.29, 1.82) is 0 Å². The summed E-state index contributed by atoms with van der Waals surface area (Å²) in [5, 5.41) is 5.56. The second kappa shape index (κ2) is 3.93. The molecular weight excluding hydrogens is 188 g/mol. The molecule has 1 aromatic carbocycles. The molecule has 0 aromatic heterocycles. The van der Waals surface area contributed by atoms with Crippen LogP contribution in [-0.2, 0) is 11.4 Å². The fraction of sp³-hybridized carbons (Fsp3) is 0.500. The molecule has 0 radical (unpaired) electrons. The lowest BCUT2D eigenvalue weighted by molar-refractivity contribution is -0.138. The maximum absolute atomic E-state index is 5.72. The highest BCUT2D eigenvalue weighted by atomic mass is 16.7. The lowest BCUT2D eigenvalue weighted by Crippen LogP contribution is -2.32. The molecule has 0 bridgehead atoms. The molecule has 3 heteroatoms. The topological polar surface area (TPSA) is 24.5 Å². The summed E-state index contributed by atoms with van der Waals surface area (Å²) >= 11 is 0. The van der Waals surface area contributed by atoms with Gasteiger partial charge in [0.2, 0.25) is 0 Å². The largest absolute Gasteiger partial charge is 0.315 e. The van der Waals surface area contributed by atoms with E-state index in [-0.39, 0.29) is 0 Å². The third-order valence-corrected chi connectivity index (χ3v) is 3.31. The molecule has 80 valence electrons. The molecule has 2 saturated heterocycles. The summed E-state index contributed by atoms with van der Waals surface area (Å²) in [6.45, 7) is 3.96. The summed E-state index contributed by atoms with van der Waals surface area (Å²) in [6.07, 6.45) is 0. The van der Waals surface area contributed by atoms with Gasteiger partial charge < -0.3 is 5.32 Å². The van der Waals surface area contributed by atoms with Crippen molar-refractivity contribution < 1.29 is 4.84 Å². The second-order valence-corrected chi connectivity index (χ2v) is 4.34. The van der Waals surface area contributed by atoms with Crippen molar-refractivity contribution in [3.8, 4) is 0 Å². The number of hydroxylamine groups is 2. The second-order valence-electron chi connectivity index (χ2n) is 4.34. The van der Waals surface area contributed by atoms with Crippen LogP contribution in [0.1, 0.15) is 5.56 Å². The number of nitrogens with one attached hydrogen (secondary N) is 1. The van der Waals surface area contributed by atoms with Crippen molar-refractivity contribution in [2.75, 3.05) is 19.7 Å². The van der Waals surface area contributed by atoms with Crippen LogP contribution in [0.25, 0.3) is 0 Å². The lowest BCUT2D eigenvalue weighted by atomic mass is 10.1. The van der Waals surface area contributed by atoms with Crippen LogP contribution >= 0.6 is 0 Å². The maximum atomic E-state index is 5.72. The van der Waals surface area contributed by atoms with E-state index in [2.05, 4.69) is 34.6 Å². The predicted octanol–water partition coefficient (Wildman–Crippen LogP) is 1.02. The molecule has 3 nitrogen and oxygen atoms in total. The number of nitrogens with zero attached hydrogens (tertiary/aromatic N) is 1. The zero-order valence-electron chi connectivity index (χ0n) is 8.73. The van der Waals surface area contributed by atoms with Gasteiger partial charge in [0.25, 0.3) is 0 Å². The SMILES string of the molecule is c1ccc(CN2OCC3CNCC32)cc1. The number of fused-ring (bicyclic) bond motifs is 1. The fourth-order valence-corrected chi connectivity index (χ4v) is 2.44. The summed E-state index contributed by atoms with van der Waals surface area (Å²) in [5.74, 6) is 0.689. The smallest absolute Gasteiger partial charge is 0.0742 e. The molecule has 2 heterocycles. The van der Waals surface area contributed by atoms with Crippen molar-refractivity contribution in [3.63, 3.8) is 0 Å². The number of hydrogen-bond donors (Lipinski definition) is 1. The van der Waals surface area contributed by atoms with Crippen LogP contribution in [0, 0.1) is 5.92 Å². The highest BCUT2D eigenvalue weighted by molar-refractivity contribution is 5.14. The summed E-state index contributed by atoms with van der Waals surface area (Å²) in [4.78, 5) is 5.72. The Kier molecular flexibility index (Phi) is 2.44. The molecule has 1 N–H and O–H groups in total. The average molecular weight is 204 g/mol. The van der Waals surface area contributed by atoms with Gasteiger partial charge in [-0.3, -0.25) is 4.84 Å². The van der Waals surface area contributed by atoms with E-state index < -0.39 is 0 Å². The van der Waals surface area contributed by atoms with Gasteiger partial charge >= 0.3 is 0 Å². The predicted molar refractivity (Wildman–Crippen MR) is 58.1 cm³/mol. The number of rotatable bonds is 2. The Bertz CT molecular complexity index is 328. The molecule has 0 amide bonds. The summed E-state index contributed by atoms with van der Waals surface area (Å²) in [5.41, 5.74) is 1.32. The van der Waals surface area contributed by atoms with Crippen LogP contribution in [0.4, 0.5) is 0 Å². The third-order valence-electron chi connectivity index (χ3n) is 3.31. The van der Waals surface area contributed by atoms with E-state index in [0.29, 0.717) is 12.0 Å². The summed E-state index contributed by atoms with van der Waals surface area (Å²) < 4.78 is 0.